The van der Waals surface area contributed by atoms with Gasteiger partial charge in [-0.05, 0) is 38.5 Å². The molecule has 1 aromatic heterocycles. The van der Waals surface area contributed by atoms with Crippen molar-refractivity contribution in [1.29, 1.82) is 0 Å². The first-order chi connectivity index (χ1) is 12.1. The monoisotopic (exact) mass is 344 g/mol. The highest BCUT2D eigenvalue weighted by molar-refractivity contribution is 5.91. The number of likely N-dealkylation sites (N-methyl/N-ethyl adjacent to an activating group) is 1. The lowest BCUT2D eigenvalue weighted by Gasteiger charge is -2.25. The maximum Gasteiger partial charge on any atom is 0.246 e. The van der Waals surface area contributed by atoms with Crippen LogP contribution in [0.3, 0.4) is 0 Å². The van der Waals surface area contributed by atoms with Crippen LogP contribution in [0.25, 0.3) is 6.08 Å². The molecule has 2 amide bonds. The number of nitrogens with zero attached hydrogens (tertiary/aromatic N) is 4. The number of carbonyl (C=O) groups is 2. The first kappa shape index (κ1) is 19.1. The van der Waals surface area contributed by atoms with Gasteiger partial charge in [0.15, 0.2) is 0 Å². The summed E-state index contributed by atoms with van der Waals surface area (Å²) in [5, 5.41) is 0. The standard InChI is InChI=1S/C19H28N4O2/c1-3-22(4-2)19(25)16-21-12-7-13-23(15-14-21)18(24)10-9-17-8-5-6-11-20-17/h5-6,8-11H,3-4,7,12-16H2,1-2H3. The molecule has 0 unspecified atom stereocenters. The quantitative estimate of drug-likeness (QED) is 0.734. The number of hydrogen-bond acceptors (Lipinski definition) is 4. The third-order valence-corrected chi connectivity index (χ3v) is 4.46. The van der Waals surface area contributed by atoms with Crippen molar-refractivity contribution in [3.63, 3.8) is 0 Å². The third-order valence-electron chi connectivity index (χ3n) is 4.46. The number of hydrogen-bond donors (Lipinski definition) is 0. The molecule has 0 atom stereocenters. The highest BCUT2D eigenvalue weighted by Crippen LogP contribution is 2.06. The van der Waals surface area contributed by atoms with Gasteiger partial charge >= 0.3 is 0 Å². The van der Waals surface area contributed by atoms with Crippen LogP contribution in [0.5, 0.6) is 0 Å². The maximum absolute atomic E-state index is 12.4. The van der Waals surface area contributed by atoms with Crippen LogP contribution < -0.4 is 0 Å². The van der Waals surface area contributed by atoms with Crippen LogP contribution in [0.4, 0.5) is 0 Å². The Balaban J connectivity index is 1.85. The van der Waals surface area contributed by atoms with E-state index in [0.29, 0.717) is 13.1 Å². The normalized spacial score (nSPS) is 16.0. The minimum absolute atomic E-state index is 0.00238. The van der Waals surface area contributed by atoms with E-state index >= 15 is 0 Å². The minimum atomic E-state index is 0.00238. The summed E-state index contributed by atoms with van der Waals surface area (Å²) >= 11 is 0. The van der Waals surface area contributed by atoms with Crippen LogP contribution >= 0.6 is 0 Å². The van der Waals surface area contributed by atoms with Crippen LogP contribution in [0.1, 0.15) is 26.0 Å². The van der Waals surface area contributed by atoms with Gasteiger partial charge in [0, 0.05) is 51.5 Å². The second kappa shape index (κ2) is 9.93. The molecule has 0 spiro atoms. The van der Waals surface area contributed by atoms with E-state index in [4.69, 9.17) is 0 Å². The van der Waals surface area contributed by atoms with Gasteiger partial charge in [-0.15, -0.1) is 0 Å². The molecule has 0 saturated carbocycles. The molecule has 2 heterocycles. The maximum atomic E-state index is 12.4. The second-order valence-corrected chi connectivity index (χ2v) is 6.11. The number of rotatable bonds is 6. The largest absolute Gasteiger partial charge is 0.342 e. The summed E-state index contributed by atoms with van der Waals surface area (Å²) in [4.78, 5) is 34.6. The fourth-order valence-electron chi connectivity index (χ4n) is 2.95. The predicted octanol–water partition coefficient (Wildman–Crippen LogP) is 1.50. The molecular weight excluding hydrogens is 316 g/mol. The zero-order valence-corrected chi connectivity index (χ0v) is 15.2. The van der Waals surface area contributed by atoms with E-state index in [1.165, 1.54) is 0 Å². The Hall–Kier alpha value is -2.21. The van der Waals surface area contributed by atoms with Crippen molar-refractivity contribution in [3.05, 3.63) is 36.2 Å². The van der Waals surface area contributed by atoms with Crippen molar-refractivity contribution in [2.45, 2.75) is 20.3 Å². The number of carbonyl (C=O) groups excluding carboxylic acids is 2. The predicted molar refractivity (Wildman–Crippen MR) is 98.8 cm³/mol. The molecule has 1 aliphatic heterocycles. The molecule has 6 nitrogen and oxygen atoms in total. The van der Waals surface area contributed by atoms with E-state index in [2.05, 4.69) is 9.88 Å². The molecule has 6 heteroatoms. The lowest BCUT2D eigenvalue weighted by Crippen LogP contribution is -2.41. The smallest absolute Gasteiger partial charge is 0.246 e. The van der Waals surface area contributed by atoms with Crippen LogP contribution in [0, 0.1) is 0 Å². The van der Waals surface area contributed by atoms with E-state index < -0.39 is 0 Å². The SMILES string of the molecule is CCN(CC)C(=O)CN1CCCN(C(=O)C=Cc2ccccn2)CC1. The highest BCUT2D eigenvalue weighted by Gasteiger charge is 2.20. The fraction of sp³-hybridized carbons (Fsp3) is 0.526. The molecule has 136 valence electrons. The fourth-order valence-corrected chi connectivity index (χ4v) is 2.95. The summed E-state index contributed by atoms with van der Waals surface area (Å²) < 4.78 is 0. The minimum Gasteiger partial charge on any atom is -0.342 e. The molecule has 25 heavy (non-hydrogen) atoms. The van der Waals surface area contributed by atoms with E-state index in [1.807, 2.05) is 41.8 Å². The van der Waals surface area contributed by atoms with Gasteiger partial charge in [-0.3, -0.25) is 19.5 Å². The molecule has 1 saturated heterocycles. The Morgan fingerprint density at radius 1 is 1.16 bits per heavy atom. The second-order valence-electron chi connectivity index (χ2n) is 6.11. The zero-order valence-electron chi connectivity index (χ0n) is 15.2. The summed E-state index contributed by atoms with van der Waals surface area (Å²) in [6.07, 6.45) is 5.92. The molecule has 0 radical (unpaired) electrons. The summed E-state index contributed by atoms with van der Waals surface area (Å²) in [6, 6.07) is 5.61. The summed E-state index contributed by atoms with van der Waals surface area (Å²) in [5.41, 5.74) is 0.775. The molecule has 0 aliphatic carbocycles. The van der Waals surface area contributed by atoms with E-state index in [9.17, 15) is 9.59 Å². The van der Waals surface area contributed by atoms with Crippen LogP contribution in [-0.2, 0) is 9.59 Å². The Morgan fingerprint density at radius 3 is 2.64 bits per heavy atom. The molecular formula is C19H28N4O2. The average molecular weight is 344 g/mol. The van der Waals surface area contributed by atoms with Crippen LogP contribution in [0.2, 0.25) is 0 Å². The van der Waals surface area contributed by atoms with Gasteiger partial charge in [0.1, 0.15) is 0 Å². The number of pyridine rings is 1. The molecule has 1 fully saturated rings. The summed E-state index contributed by atoms with van der Waals surface area (Å²) in [7, 11) is 0. The Morgan fingerprint density at radius 2 is 1.96 bits per heavy atom. The lowest BCUT2D eigenvalue weighted by molar-refractivity contribution is -0.132. The van der Waals surface area contributed by atoms with Crippen molar-refractivity contribution < 1.29 is 9.59 Å². The van der Waals surface area contributed by atoms with Gasteiger partial charge in [-0.1, -0.05) is 6.07 Å². The van der Waals surface area contributed by atoms with Gasteiger partial charge in [0.05, 0.1) is 12.2 Å². The molecule has 2 rings (SSSR count). The molecule has 0 bridgehead atoms. The van der Waals surface area contributed by atoms with Gasteiger partial charge in [0.2, 0.25) is 11.8 Å². The molecule has 0 N–H and O–H groups in total. The molecule has 1 aliphatic rings. The van der Waals surface area contributed by atoms with E-state index in [0.717, 1.165) is 44.8 Å². The van der Waals surface area contributed by atoms with Gasteiger partial charge < -0.3 is 9.80 Å². The van der Waals surface area contributed by atoms with Gasteiger partial charge in [-0.25, -0.2) is 0 Å². The summed E-state index contributed by atoms with van der Waals surface area (Å²) in [6.45, 7) is 8.87. The van der Waals surface area contributed by atoms with E-state index in [-0.39, 0.29) is 11.8 Å². The number of aromatic nitrogens is 1. The topological polar surface area (TPSA) is 56.8 Å². The van der Waals surface area contributed by atoms with E-state index in [1.54, 1.807) is 18.3 Å². The summed E-state index contributed by atoms with van der Waals surface area (Å²) in [5.74, 6) is 0.169. The first-order valence-corrected chi connectivity index (χ1v) is 9.02. The Labute approximate surface area is 150 Å². The first-order valence-electron chi connectivity index (χ1n) is 9.02. The van der Waals surface area contributed by atoms with Crippen LogP contribution in [0.15, 0.2) is 30.5 Å². The van der Waals surface area contributed by atoms with Crippen LogP contribution in [-0.4, -0.2) is 77.3 Å². The Kier molecular flexibility index (Phi) is 7.60. The molecule has 1 aromatic rings. The highest BCUT2D eigenvalue weighted by atomic mass is 16.2. The lowest BCUT2D eigenvalue weighted by atomic mass is 10.3. The van der Waals surface area contributed by atoms with Gasteiger partial charge in [-0.2, -0.15) is 0 Å². The van der Waals surface area contributed by atoms with Gasteiger partial charge in [0.25, 0.3) is 0 Å². The molecule has 0 aromatic carbocycles. The average Bonchev–Trinajstić information content (AvgIpc) is 2.87. The van der Waals surface area contributed by atoms with Crippen molar-refractivity contribution in [3.8, 4) is 0 Å². The van der Waals surface area contributed by atoms with Crippen molar-refractivity contribution in [2.75, 3.05) is 45.8 Å². The Bertz CT molecular complexity index is 584. The zero-order chi connectivity index (χ0) is 18.1. The number of amides is 2. The van der Waals surface area contributed by atoms with Crippen molar-refractivity contribution in [1.82, 2.24) is 19.7 Å². The third kappa shape index (κ3) is 5.98. The van der Waals surface area contributed by atoms with Crippen molar-refractivity contribution >= 4 is 17.9 Å². The van der Waals surface area contributed by atoms with Crippen molar-refractivity contribution in [2.24, 2.45) is 0 Å².